The van der Waals surface area contributed by atoms with Crippen molar-refractivity contribution >= 4 is 76.3 Å². The van der Waals surface area contributed by atoms with E-state index in [0.717, 1.165) is 0 Å². The second-order valence-corrected chi connectivity index (χ2v) is 10.8. The molecule has 0 aromatic heterocycles. The van der Waals surface area contributed by atoms with Gasteiger partial charge < -0.3 is 28.8 Å². The van der Waals surface area contributed by atoms with Crippen LogP contribution in [0.25, 0.3) is 0 Å². The summed E-state index contributed by atoms with van der Waals surface area (Å²) in [6, 6.07) is 0. The number of carbonyl (C=O) groups excluding carboxylic acids is 4. The largest absolute Gasteiger partial charge is 0.481 e. The Morgan fingerprint density at radius 1 is 1.07 bits per heavy atom. The van der Waals surface area contributed by atoms with Crippen molar-refractivity contribution in [1.29, 1.82) is 0 Å². The Hall–Kier alpha value is -2.31. The molecule has 2 aliphatic heterocycles. The van der Waals surface area contributed by atoms with E-state index in [9.17, 15) is 24.0 Å². The number of rotatable bonds is 15. The number of carboxylic acids is 1. The van der Waals surface area contributed by atoms with Crippen LogP contribution in [-0.4, -0.2) is 89.7 Å². The molecule has 15 heteroatoms. The minimum Gasteiger partial charge on any atom is -0.481 e. The minimum atomic E-state index is -1.07. The number of aliphatic carboxylic acids is 1. The van der Waals surface area contributed by atoms with Gasteiger partial charge in [0.1, 0.15) is 48.7 Å². The average Bonchev–Trinajstić information content (AvgIpc) is 3.34. The van der Waals surface area contributed by atoms with Gasteiger partial charge in [-0.3, -0.25) is 24.0 Å². The summed E-state index contributed by atoms with van der Waals surface area (Å²) in [4.78, 5) is 58.3. The molecule has 2 fully saturated rings. The van der Waals surface area contributed by atoms with Crippen molar-refractivity contribution in [2.45, 2.75) is 76.0 Å². The van der Waals surface area contributed by atoms with Crippen LogP contribution >= 0.6 is 46.4 Å². The monoisotopic (exact) mass is 672 g/mol. The lowest BCUT2D eigenvalue weighted by Crippen LogP contribution is -2.40. The minimum absolute atomic E-state index is 0.0138. The number of hydrogen-bond acceptors (Lipinski definition) is 10. The number of esters is 4. The first kappa shape index (κ1) is 35.9. The number of allylic oxidation sites excluding steroid dienone is 3. The summed E-state index contributed by atoms with van der Waals surface area (Å²) >= 11 is 23.1. The van der Waals surface area contributed by atoms with Crippen molar-refractivity contribution in [3.63, 3.8) is 0 Å². The third-order valence-corrected chi connectivity index (χ3v) is 7.15. The normalized spacial score (nSPS) is 24.6. The molecule has 0 aliphatic carbocycles. The molecule has 2 heterocycles. The lowest BCUT2D eigenvalue weighted by atomic mass is 10.0. The number of alkyl halides is 3. The molecule has 234 valence electrons. The van der Waals surface area contributed by atoms with E-state index in [1.54, 1.807) is 19.1 Å². The molecule has 0 radical (unpaired) electrons. The van der Waals surface area contributed by atoms with Crippen molar-refractivity contribution < 1.29 is 52.8 Å². The Labute approximate surface area is 263 Å². The van der Waals surface area contributed by atoms with Crippen molar-refractivity contribution in [3.8, 4) is 0 Å². The van der Waals surface area contributed by atoms with Gasteiger partial charge in [-0.05, 0) is 32.3 Å². The second-order valence-electron chi connectivity index (χ2n) is 9.47. The smallest absolute Gasteiger partial charge is 0.321 e. The van der Waals surface area contributed by atoms with Crippen LogP contribution in [0.3, 0.4) is 0 Å². The van der Waals surface area contributed by atoms with Crippen LogP contribution in [-0.2, 0) is 47.7 Å². The number of cyclic esters (lactones) is 1. The van der Waals surface area contributed by atoms with Crippen LogP contribution in [0, 0.1) is 0 Å². The molecule has 0 bridgehead atoms. The van der Waals surface area contributed by atoms with Crippen LogP contribution in [0.4, 0.5) is 0 Å². The van der Waals surface area contributed by atoms with Gasteiger partial charge in [0, 0.05) is 17.0 Å². The molecular formula is C27H32Cl4O11. The molecule has 0 saturated carbocycles. The third kappa shape index (κ3) is 12.5. The van der Waals surface area contributed by atoms with E-state index in [-0.39, 0.29) is 31.7 Å². The number of carboxylic acid groups (broad SMARTS) is 1. The van der Waals surface area contributed by atoms with Crippen molar-refractivity contribution in [3.05, 3.63) is 34.4 Å². The lowest BCUT2D eigenvalue weighted by molar-refractivity contribution is -0.160. The number of hydrogen-bond donors (Lipinski definition) is 1. The number of halogens is 4. The molecule has 1 unspecified atom stereocenters. The Morgan fingerprint density at radius 2 is 1.74 bits per heavy atom. The van der Waals surface area contributed by atoms with Gasteiger partial charge in [-0.1, -0.05) is 29.3 Å². The molecule has 1 N–H and O–H groups in total. The maximum atomic E-state index is 12.0. The summed E-state index contributed by atoms with van der Waals surface area (Å²) in [6.45, 7) is 1.54. The van der Waals surface area contributed by atoms with Gasteiger partial charge in [-0.25, -0.2) is 0 Å². The summed E-state index contributed by atoms with van der Waals surface area (Å²) in [5.74, 6) is -4.84. The summed E-state index contributed by atoms with van der Waals surface area (Å²) < 4.78 is 27.2. The van der Waals surface area contributed by atoms with Crippen LogP contribution in [0.2, 0.25) is 0 Å². The highest BCUT2D eigenvalue weighted by molar-refractivity contribution is 6.29. The topological polar surface area (TPSA) is 152 Å². The molecule has 11 nitrogen and oxygen atoms in total. The highest BCUT2D eigenvalue weighted by Gasteiger charge is 2.43. The van der Waals surface area contributed by atoms with Crippen molar-refractivity contribution in [1.82, 2.24) is 0 Å². The van der Waals surface area contributed by atoms with Gasteiger partial charge in [-0.2, -0.15) is 0 Å². The summed E-state index contributed by atoms with van der Waals surface area (Å²) in [5.41, 5.74) is 1.01. The van der Waals surface area contributed by atoms with Crippen molar-refractivity contribution in [2.75, 3.05) is 24.2 Å². The SMILES string of the molecule is C/C(=C\[C@@H](OC(=O)CCl)[C@H]1O[C@H](CC/C(Cl)=C/C/C=C2\COC(=O)CC2OC(=O)CCl)C[C@H]1OC(=O)CCl)CC(=O)O. The van der Waals surface area contributed by atoms with E-state index in [1.165, 1.54) is 6.08 Å². The molecule has 0 amide bonds. The highest BCUT2D eigenvalue weighted by atomic mass is 35.5. The van der Waals surface area contributed by atoms with Crippen LogP contribution in [0.5, 0.6) is 0 Å². The predicted octanol–water partition coefficient (Wildman–Crippen LogP) is 4.18. The standard InChI is InChI=1S/C27H32Cl4O11/c1-15(8-22(32)33)7-20(41-25(36)12-29)27-21(42-26(37)13-30)9-18(39-27)6-5-17(31)4-2-3-16-14-38-23(34)10-19(16)40-24(35)11-28/h3-4,7,18-21,27H,2,5-6,8-14H2,1H3,(H,32,33)/b15-7+,16-3+,17-4-/t18-,19?,20-,21-,27-/m1/s1. The van der Waals surface area contributed by atoms with Crippen molar-refractivity contribution in [2.24, 2.45) is 0 Å². The summed E-state index contributed by atoms with van der Waals surface area (Å²) in [6.07, 6.45) is 1.90. The average molecular weight is 674 g/mol. The molecule has 0 aromatic carbocycles. The van der Waals surface area contributed by atoms with Gasteiger partial charge >= 0.3 is 29.8 Å². The first-order valence-electron chi connectivity index (χ1n) is 13.0. The van der Waals surface area contributed by atoms with E-state index in [0.29, 0.717) is 35.4 Å². The summed E-state index contributed by atoms with van der Waals surface area (Å²) in [5, 5.41) is 9.61. The molecule has 42 heavy (non-hydrogen) atoms. The van der Waals surface area contributed by atoms with Crippen LogP contribution < -0.4 is 0 Å². The first-order chi connectivity index (χ1) is 19.9. The lowest BCUT2D eigenvalue weighted by Gasteiger charge is -2.26. The molecular weight excluding hydrogens is 642 g/mol. The predicted molar refractivity (Wildman–Crippen MR) is 153 cm³/mol. The molecule has 2 saturated heterocycles. The van der Waals surface area contributed by atoms with E-state index in [2.05, 4.69) is 0 Å². The zero-order chi connectivity index (χ0) is 31.2. The quantitative estimate of drug-likeness (QED) is 0.115. The van der Waals surface area contributed by atoms with Gasteiger partial charge in [0.25, 0.3) is 0 Å². The zero-order valence-electron chi connectivity index (χ0n) is 22.7. The Morgan fingerprint density at radius 3 is 2.38 bits per heavy atom. The fraction of sp³-hybridized carbons (Fsp3) is 0.593. The number of ether oxygens (including phenoxy) is 5. The van der Waals surface area contributed by atoms with Crippen LogP contribution in [0.15, 0.2) is 34.4 Å². The van der Waals surface area contributed by atoms with Gasteiger partial charge in [0.15, 0.2) is 0 Å². The van der Waals surface area contributed by atoms with Crippen LogP contribution in [0.1, 0.15) is 45.4 Å². The first-order valence-corrected chi connectivity index (χ1v) is 14.9. The molecule has 2 aliphatic rings. The molecule has 2 rings (SSSR count). The second kappa shape index (κ2) is 18.4. The Bertz CT molecular complexity index is 1090. The van der Waals surface area contributed by atoms with Gasteiger partial charge in [-0.15, -0.1) is 34.8 Å². The number of carbonyl (C=O) groups is 5. The Kier molecular flexibility index (Phi) is 15.7. The molecule has 0 aromatic rings. The fourth-order valence-corrected chi connectivity index (χ4v) is 4.73. The van der Waals surface area contributed by atoms with E-state index >= 15 is 0 Å². The van der Waals surface area contributed by atoms with Gasteiger partial charge in [0.2, 0.25) is 0 Å². The van der Waals surface area contributed by atoms with E-state index in [4.69, 9.17) is 75.2 Å². The maximum Gasteiger partial charge on any atom is 0.321 e. The zero-order valence-corrected chi connectivity index (χ0v) is 25.8. The molecule has 5 atom stereocenters. The molecule has 0 spiro atoms. The highest BCUT2D eigenvalue weighted by Crippen LogP contribution is 2.32. The maximum absolute atomic E-state index is 12.0. The third-order valence-electron chi connectivity index (χ3n) is 6.16. The fourth-order valence-electron chi connectivity index (χ4n) is 4.34. The van der Waals surface area contributed by atoms with E-state index in [1.807, 2.05) is 0 Å². The summed E-state index contributed by atoms with van der Waals surface area (Å²) in [7, 11) is 0. The van der Waals surface area contributed by atoms with E-state index < -0.39 is 72.1 Å². The van der Waals surface area contributed by atoms with Gasteiger partial charge in [0.05, 0.1) is 18.9 Å². The Balaban J connectivity index is 2.09.